The fourth-order valence-corrected chi connectivity index (χ4v) is 3.67. The lowest BCUT2D eigenvalue weighted by Crippen LogP contribution is -2.46. The molecule has 1 aliphatic rings. The Morgan fingerprint density at radius 1 is 1.26 bits per heavy atom. The minimum Gasteiger partial charge on any atom is -0.344 e. The number of aryl methyl sites for hydroxylation is 1. The number of fused-ring (bicyclic) bond motifs is 1. The molecule has 8 heteroatoms. The second kappa shape index (κ2) is 7.87. The van der Waals surface area contributed by atoms with Gasteiger partial charge in [0, 0.05) is 30.0 Å². The number of carbonyl (C=O) groups excluding carboxylic acids is 3. The van der Waals surface area contributed by atoms with E-state index >= 15 is 0 Å². The van der Waals surface area contributed by atoms with Crippen molar-refractivity contribution in [1.82, 2.24) is 10.3 Å². The van der Waals surface area contributed by atoms with Gasteiger partial charge in [-0.05, 0) is 30.0 Å². The van der Waals surface area contributed by atoms with E-state index in [2.05, 4.69) is 20.9 Å². The standard InChI is InChI=1S/C19H22N4O3S/c1-10(2)17(20-11(3)24)18(26)23-19-22-15(9-27-19)13-4-6-14-12(8-13)5-7-16(25)21-14/h4,6,8-10,17H,5,7H2,1-3H3,(H,20,24)(H,21,25)(H,22,23,26)/t17-/m0/s1. The molecule has 0 unspecified atom stereocenters. The van der Waals surface area contributed by atoms with E-state index in [1.807, 2.05) is 37.4 Å². The first-order valence-corrected chi connectivity index (χ1v) is 9.68. The predicted octanol–water partition coefficient (Wildman–Crippen LogP) is 2.79. The largest absolute Gasteiger partial charge is 0.344 e. The van der Waals surface area contributed by atoms with Gasteiger partial charge in [-0.3, -0.25) is 14.4 Å². The Balaban J connectivity index is 1.74. The molecule has 0 saturated heterocycles. The average molecular weight is 386 g/mol. The molecule has 7 nitrogen and oxygen atoms in total. The molecule has 0 saturated carbocycles. The van der Waals surface area contributed by atoms with Crippen molar-refractivity contribution in [1.29, 1.82) is 0 Å². The molecule has 0 radical (unpaired) electrons. The molecule has 2 heterocycles. The normalized spacial score (nSPS) is 14.3. The molecule has 3 amide bonds. The zero-order chi connectivity index (χ0) is 19.6. The zero-order valence-electron chi connectivity index (χ0n) is 15.5. The summed E-state index contributed by atoms with van der Waals surface area (Å²) < 4.78 is 0. The number of nitrogens with zero attached hydrogens (tertiary/aromatic N) is 1. The maximum Gasteiger partial charge on any atom is 0.248 e. The fraction of sp³-hybridized carbons (Fsp3) is 0.368. The predicted molar refractivity (Wildman–Crippen MR) is 106 cm³/mol. The molecule has 3 N–H and O–H groups in total. The molecular weight excluding hydrogens is 364 g/mol. The summed E-state index contributed by atoms with van der Waals surface area (Å²) >= 11 is 1.33. The summed E-state index contributed by atoms with van der Waals surface area (Å²) in [4.78, 5) is 39.7. The van der Waals surface area contributed by atoms with Crippen molar-refractivity contribution in [3.63, 3.8) is 0 Å². The van der Waals surface area contributed by atoms with Crippen LogP contribution in [0.25, 0.3) is 11.3 Å². The van der Waals surface area contributed by atoms with Crippen LogP contribution < -0.4 is 16.0 Å². The van der Waals surface area contributed by atoms with Crippen molar-refractivity contribution in [2.45, 2.75) is 39.7 Å². The van der Waals surface area contributed by atoms with Gasteiger partial charge in [0.2, 0.25) is 17.7 Å². The Morgan fingerprint density at radius 2 is 2.04 bits per heavy atom. The second-order valence-electron chi connectivity index (χ2n) is 6.87. The molecule has 1 atom stereocenters. The molecule has 0 bridgehead atoms. The van der Waals surface area contributed by atoms with E-state index in [0.29, 0.717) is 18.0 Å². The molecule has 0 fully saturated rings. The highest BCUT2D eigenvalue weighted by Gasteiger charge is 2.24. The van der Waals surface area contributed by atoms with Crippen LogP contribution in [0.1, 0.15) is 32.8 Å². The number of thiazole rings is 1. The minimum absolute atomic E-state index is 0.0350. The number of nitrogens with one attached hydrogen (secondary N) is 3. The number of amides is 3. The van der Waals surface area contributed by atoms with E-state index in [4.69, 9.17) is 0 Å². The second-order valence-corrected chi connectivity index (χ2v) is 7.73. The summed E-state index contributed by atoms with van der Waals surface area (Å²) in [5.41, 5.74) is 3.62. The SMILES string of the molecule is CC(=O)N[C@H](C(=O)Nc1nc(-c2ccc3c(c2)CCC(=O)N3)cs1)C(C)C. The highest BCUT2D eigenvalue weighted by Crippen LogP contribution is 2.30. The van der Waals surface area contributed by atoms with Crippen LogP contribution in [0, 0.1) is 5.92 Å². The van der Waals surface area contributed by atoms with Crippen molar-refractivity contribution in [3.8, 4) is 11.3 Å². The van der Waals surface area contributed by atoms with E-state index in [0.717, 1.165) is 22.5 Å². The summed E-state index contributed by atoms with van der Waals surface area (Å²) in [6.45, 7) is 5.14. The lowest BCUT2D eigenvalue weighted by Gasteiger charge is -2.20. The van der Waals surface area contributed by atoms with Crippen molar-refractivity contribution < 1.29 is 14.4 Å². The topological polar surface area (TPSA) is 100 Å². The molecule has 3 rings (SSSR count). The summed E-state index contributed by atoms with van der Waals surface area (Å²) in [5.74, 6) is -0.531. The van der Waals surface area contributed by atoms with Crippen LogP contribution in [0.5, 0.6) is 0 Å². The molecule has 1 aromatic carbocycles. The quantitative estimate of drug-likeness (QED) is 0.736. The van der Waals surface area contributed by atoms with Crippen LogP contribution in [0.3, 0.4) is 0 Å². The van der Waals surface area contributed by atoms with Crippen LogP contribution in [0.4, 0.5) is 10.8 Å². The van der Waals surface area contributed by atoms with Crippen molar-refractivity contribution in [2.75, 3.05) is 10.6 Å². The van der Waals surface area contributed by atoms with E-state index in [1.165, 1.54) is 18.3 Å². The number of aromatic nitrogens is 1. The summed E-state index contributed by atoms with van der Waals surface area (Å²) in [7, 11) is 0. The van der Waals surface area contributed by atoms with Crippen molar-refractivity contribution >= 4 is 39.9 Å². The van der Waals surface area contributed by atoms with Crippen LogP contribution in [-0.4, -0.2) is 28.7 Å². The molecule has 2 aromatic rings. The molecule has 27 heavy (non-hydrogen) atoms. The smallest absolute Gasteiger partial charge is 0.248 e. The third kappa shape index (κ3) is 4.51. The summed E-state index contributed by atoms with van der Waals surface area (Å²) in [6, 6.07) is 5.19. The van der Waals surface area contributed by atoms with Crippen molar-refractivity contribution in [2.24, 2.45) is 5.92 Å². The van der Waals surface area contributed by atoms with E-state index in [1.54, 1.807) is 0 Å². The van der Waals surface area contributed by atoms with Crippen LogP contribution >= 0.6 is 11.3 Å². The minimum atomic E-state index is -0.609. The van der Waals surface area contributed by atoms with Gasteiger partial charge >= 0.3 is 0 Å². The average Bonchev–Trinajstić information content (AvgIpc) is 3.07. The number of carbonyl (C=O) groups is 3. The number of rotatable bonds is 5. The Labute approximate surface area is 161 Å². The number of anilines is 2. The summed E-state index contributed by atoms with van der Waals surface area (Å²) in [6.07, 6.45) is 1.18. The first-order valence-electron chi connectivity index (χ1n) is 8.80. The van der Waals surface area contributed by atoms with E-state index < -0.39 is 6.04 Å². The Kier molecular flexibility index (Phi) is 5.55. The first kappa shape index (κ1) is 19.0. The molecule has 1 aromatic heterocycles. The Bertz CT molecular complexity index is 891. The monoisotopic (exact) mass is 386 g/mol. The summed E-state index contributed by atoms with van der Waals surface area (Å²) in [5, 5.41) is 10.7. The molecule has 142 valence electrons. The van der Waals surface area contributed by atoms with Gasteiger partial charge < -0.3 is 16.0 Å². The van der Waals surface area contributed by atoms with Crippen LogP contribution in [0.15, 0.2) is 23.6 Å². The Morgan fingerprint density at radius 3 is 2.74 bits per heavy atom. The lowest BCUT2D eigenvalue weighted by molar-refractivity contribution is -0.126. The van der Waals surface area contributed by atoms with Gasteiger partial charge in [-0.2, -0.15) is 0 Å². The van der Waals surface area contributed by atoms with Crippen LogP contribution in [0.2, 0.25) is 0 Å². The Hall–Kier alpha value is -2.74. The van der Waals surface area contributed by atoms with E-state index in [9.17, 15) is 14.4 Å². The van der Waals surface area contributed by atoms with Crippen LogP contribution in [-0.2, 0) is 20.8 Å². The maximum atomic E-state index is 12.5. The third-order valence-corrected chi connectivity index (χ3v) is 5.10. The van der Waals surface area contributed by atoms with Gasteiger partial charge in [0.1, 0.15) is 6.04 Å². The zero-order valence-corrected chi connectivity index (χ0v) is 16.3. The highest BCUT2D eigenvalue weighted by atomic mass is 32.1. The fourth-order valence-electron chi connectivity index (χ4n) is 2.94. The molecular formula is C19H22N4O3S. The molecule has 0 spiro atoms. The van der Waals surface area contributed by atoms with Gasteiger partial charge in [0.15, 0.2) is 5.13 Å². The third-order valence-electron chi connectivity index (χ3n) is 4.34. The first-order chi connectivity index (χ1) is 12.8. The molecule has 1 aliphatic heterocycles. The van der Waals surface area contributed by atoms with Gasteiger partial charge in [-0.1, -0.05) is 19.9 Å². The van der Waals surface area contributed by atoms with E-state index in [-0.39, 0.29) is 23.6 Å². The highest BCUT2D eigenvalue weighted by molar-refractivity contribution is 7.14. The number of hydrogen-bond acceptors (Lipinski definition) is 5. The van der Waals surface area contributed by atoms with Gasteiger partial charge in [0.05, 0.1) is 5.69 Å². The lowest BCUT2D eigenvalue weighted by atomic mass is 9.99. The van der Waals surface area contributed by atoms with Gasteiger partial charge in [-0.25, -0.2) is 4.98 Å². The number of hydrogen-bond donors (Lipinski definition) is 3. The molecule has 0 aliphatic carbocycles. The van der Waals surface area contributed by atoms with Crippen molar-refractivity contribution in [3.05, 3.63) is 29.1 Å². The number of benzene rings is 1. The van der Waals surface area contributed by atoms with Gasteiger partial charge in [0.25, 0.3) is 0 Å². The van der Waals surface area contributed by atoms with Gasteiger partial charge in [-0.15, -0.1) is 11.3 Å². The maximum absolute atomic E-state index is 12.5.